The molecule has 0 unspecified atom stereocenters. The molecule has 0 aliphatic carbocycles. The Labute approximate surface area is 670 Å². The SMILES string of the molecule is c1ccc(-c2ccc(-c3cc(-c4ccc(-n5c6ccccc6c6c7oc(-c8ccccc8)c(-c8ccccc8)c7ccc65)cc4)nc(-c4ccccc4)n3)cc2)cc1.c1ccc(-c2ccc(-c3cc(-c4ccccc4)nc(-c4ccc(-n5c6ccccc6c6c7oc(-c8ccccc8)c(-c8ccccc8)c7ccc65)cc4)n3)cc2)cc1. The minimum atomic E-state index is 0.677. The quantitative estimate of drug-likeness (QED) is 0.108. The van der Waals surface area contributed by atoms with Crippen LogP contribution in [0.5, 0.6) is 0 Å². The first-order valence-corrected chi connectivity index (χ1v) is 39.1. The van der Waals surface area contributed by atoms with E-state index >= 15 is 0 Å². The van der Waals surface area contributed by atoms with Crippen molar-refractivity contribution >= 4 is 65.6 Å². The zero-order valence-corrected chi connectivity index (χ0v) is 62.9. The molecule has 0 saturated carbocycles. The van der Waals surface area contributed by atoms with Crippen LogP contribution in [0.2, 0.25) is 0 Å². The van der Waals surface area contributed by atoms with Crippen LogP contribution in [-0.4, -0.2) is 29.1 Å². The molecule has 0 spiro atoms. The summed E-state index contributed by atoms with van der Waals surface area (Å²) in [5, 5.41) is 6.67. The maximum absolute atomic E-state index is 6.98. The molecule has 116 heavy (non-hydrogen) atoms. The Bertz CT molecular complexity index is 6890. The second kappa shape index (κ2) is 29.6. The van der Waals surface area contributed by atoms with E-state index < -0.39 is 0 Å². The van der Waals surface area contributed by atoms with Gasteiger partial charge in [0.15, 0.2) is 11.6 Å². The van der Waals surface area contributed by atoms with Crippen LogP contribution in [0.4, 0.5) is 0 Å². The van der Waals surface area contributed by atoms with E-state index in [1.54, 1.807) is 0 Å². The van der Waals surface area contributed by atoms with Gasteiger partial charge in [-0.05, 0) is 118 Å². The lowest BCUT2D eigenvalue weighted by Gasteiger charge is -2.12. The average Bonchev–Trinajstić information content (AvgIpc) is 1.56. The van der Waals surface area contributed by atoms with Crippen LogP contribution in [0, 0.1) is 0 Å². The topological polar surface area (TPSA) is 87.7 Å². The number of benzene rings is 16. The minimum absolute atomic E-state index is 0.677. The van der Waals surface area contributed by atoms with Gasteiger partial charge in [0.25, 0.3) is 0 Å². The Balaban J connectivity index is 0.000000145. The summed E-state index contributed by atoms with van der Waals surface area (Å²) in [5.74, 6) is 3.12. The molecule has 8 heteroatoms. The third-order valence-electron chi connectivity index (χ3n) is 22.1. The van der Waals surface area contributed by atoms with Gasteiger partial charge in [0.05, 0.1) is 55.6 Å². The number of aromatic nitrogens is 6. The Morgan fingerprint density at radius 3 is 0.784 bits per heavy atom. The van der Waals surface area contributed by atoms with Crippen LogP contribution in [0.1, 0.15) is 0 Å². The van der Waals surface area contributed by atoms with Crippen LogP contribution < -0.4 is 0 Å². The van der Waals surface area contributed by atoms with E-state index in [0.717, 1.165) is 178 Å². The summed E-state index contributed by atoms with van der Waals surface area (Å²) >= 11 is 0. The standard InChI is InChI=1S/2C54H35N3O/c1-5-15-36(16-6-1)37-25-27-38(28-26-37)46-35-47(56-54(55-46)42-21-11-4-12-22-42)39-29-31-43(32-30-39)57-48-24-14-13-23-44(48)51-49(57)34-33-45-50(40-17-7-2-8-18-40)52(58-53(45)51)41-19-9-3-10-20-41;1-5-15-36(16-6-1)37-25-27-39(28-26-37)47-35-46(38-17-7-2-8-18-38)55-54(56-47)42-29-31-43(32-30-42)57-48-24-14-13-23-44(48)51-49(57)34-33-45-50(40-19-9-3-10-20-40)52(58-53(45)51)41-21-11-4-12-22-41/h2*1-35H. The van der Waals surface area contributed by atoms with E-state index in [4.69, 9.17) is 28.8 Å². The van der Waals surface area contributed by atoms with E-state index in [9.17, 15) is 0 Å². The van der Waals surface area contributed by atoms with Gasteiger partial charge in [0, 0.05) is 88.6 Å². The Morgan fingerprint density at radius 1 is 0.181 bits per heavy atom. The molecule has 6 aromatic heterocycles. The molecule has 6 heterocycles. The van der Waals surface area contributed by atoms with Gasteiger partial charge in [-0.3, -0.25) is 0 Å². The summed E-state index contributed by atoms with van der Waals surface area (Å²) in [6.45, 7) is 0. The minimum Gasteiger partial charge on any atom is -0.455 e. The molecule has 22 aromatic rings. The van der Waals surface area contributed by atoms with Crippen molar-refractivity contribution in [3.8, 4) is 146 Å². The second-order valence-corrected chi connectivity index (χ2v) is 29.1. The number of nitrogens with zero attached hydrogens (tertiary/aromatic N) is 6. The van der Waals surface area contributed by atoms with Crippen molar-refractivity contribution < 1.29 is 8.83 Å². The van der Waals surface area contributed by atoms with Gasteiger partial charge in [0.2, 0.25) is 0 Å². The first-order chi connectivity index (χ1) is 57.5. The first kappa shape index (κ1) is 68.4. The molecule has 0 amide bonds. The molecule has 0 aliphatic rings. The fraction of sp³-hybridized carbons (Fsp3) is 0. The Hall–Kier alpha value is -15.6. The van der Waals surface area contributed by atoms with Crippen molar-refractivity contribution in [2.45, 2.75) is 0 Å². The highest BCUT2D eigenvalue weighted by atomic mass is 16.3. The van der Waals surface area contributed by atoms with E-state index in [1.807, 2.05) is 60.7 Å². The van der Waals surface area contributed by atoms with Crippen LogP contribution >= 0.6 is 0 Å². The van der Waals surface area contributed by atoms with Crippen LogP contribution in [0.3, 0.4) is 0 Å². The summed E-state index contributed by atoms with van der Waals surface area (Å²) in [5.41, 5.74) is 29.1. The van der Waals surface area contributed by atoms with Gasteiger partial charge in [-0.25, -0.2) is 19.9 Å². The van der Waals surface area contributed by atoms with E-state index in [1.165, 1.54) is 22.3 Å². The molecule has 22 rings (SSSR count). The monoisotopic (exact) mass is 1480 g/mol. The largest absolute Gasteiger partial charge is 0.455 e. The predicted octanol–water partition coefficient (Wildman–Crippen LogP) is 28.6. The van der Waals surface area contributed by atoms with Crippen molar-refractivity contribution in [2.24, 2.45) is 0 Å². The van der Waals surface area contributed by atoms with Gasteiger partial charge in [0.1, 0.15) is 22.7 Å². The lowest BCUT2D eigenvalue weighted by Crippen LogP contribution is -1.97. The molecule has 0 saturated heterocycles. The third kappa shape index (κ3) is 12.6. The average molecular weight is 1480 g/mol. The van der Waals surface area contributed by atoms with Gasteiger partial charge in [-0.15, -0.1) is 0 Å². The summed E-state index contributed by atoms with van der Waals surface area (Å²) in [6.07, 6.45) is 0. The van der Waals surface area contributed by atoms with Gasteiger partial charge >= 0.3 is 0 Å². The molecule has 0 N–H and O–H groups in total. The van der Waals surface area contributed by atoms with Gasteiger partial charge in [-0.2, -0.15) is 0 Å². The summed E-state index contributed by atoms with van der Waals surface area (Å²) in [6, 6.07) is 148. The van der Waals surface area contributed by atoms with Crippen LogP contribution in [-0.2, 0) is 0 Å². The number of fused-ring (bicyclic) bond motifs is 10. The van der Waals surface area contributed by atoms with Gasteiger partial charge in [-0.1, -0.05) is 340 Å². The highest BCUT2D eigenvalue weighted by Gasteiger charge is 2.27. The van der Waals surface area contributed by atoms with Crippen LogP contribution in [0.15, 0.2) is 433 Å². The molecular weight excluding hydrogens is 1410 g/mol. The number of hydrogen-bond donors (Lipinski definition) is 0. The van der Waals surface area contributed by atoms with Crippen molar-refractivity contribution in [3.63, 3.8) is 0 Å². The second-order valence-electron chi connectivity index (χ2n) is 29.1. The van der Waals surface area contributed by atoms with E-state index in [2.05, 4.69) is 373 Å². The number of hydrogen-bond acceptors (Lipinski definition) is 6. The van der Waals surface area contributed by atoms with Crippen LogP contribution in [0.25, 0.3) is 212 Å². The molecule has 0 aliphatic heterocycles. The Kier molecular flexibility index (Phi) is 17.4. The fourth-order valence-electron chi connectivity index (χ4n) is 16.5. The molecular formula is C108H70N6O2. The van der Waals surface area contributed by atoms with Crippen molar-refractivity contribution in [3.05, 3.63) is 425 Å². The molecule has 544 valence electrons. The van der Waals surface area contributed by atoms with Gasteiger partial charge < -0.3 is 18.0 Å². The van der Waals surface area contributed by atoms with E-state index in [0.29, 0.717) is 11.6 Å². The highest BCUT2D eigenvalue weighted by molar-refractivity contribution is 6.24. The lowest BCUT2D eigenvalue weighted by atomic mass is 9.98. The normalized spacial score (nSPS) is 11.4. The molecule has 16 aromatic carbocycles. The fourth-order valence-corrected chi connectivity index (χ4v) is 16.5. The van der Waals surface area contributed by atoms with Crippen molar-refractivity contribution in [2.75, 3.05) is 0 Å². The highest BCUT2D eigenvalue weighted by Crippen LogP contribution is 2.49. The third-order valence-corrected chi connectivity index (χ3v) is 22.1. The predicted molar refractivity (Wildman–Crippen MR) is 478 cm³/mol. The number of rotatable bonds is 14. The smallest absolute Gasteiger partial charge is 0.160 e. The maximum Gasteiger partial charge on any atom is 0.160 e. The molecule has 0 bridgehead atoms. The first-order valence-electron chi connectivity index (χ1n) is 39.1. The summed E-state index contributed by atoms with van der Waals surface area (Å²) in [7, 11) is 0. The Morgan fingerprint density at radius 2 is 0.431 bits per heavy atom. The molecule has 0 radical (unpaired) electrons. The van der Waals surface area contributed by atoms with Crippen molar-refractivity contribution in [1.29, 1.82) is 0 Å². The molecule has 0 atom stereocenters. The zero-order chi connectivity index (χ0) is 76.8. The number of para-hydroxylation sites is 2. The number of furan rings is 2. The molecule has 0 fully saturated rings. The maximum atomic E-state index is 6.98. The summed E-state index contributed by atoms with van der Waals surface area (Å²) < 4.78 is 18.6. The van der Waals surface area contributed by atoms with E-state index in [-0.39, 0.29) is 0 Å². The zero-order valence-electron chi connectivity index (χ0n) is 62.9. The molecule has 8 nitrogen and oxygen atoms in total. The lowest BCUT2D eigenvalue weighted by molar-refractivity contribution is 0.635. The summed E-state index contributed by atoms with van der Waals surface area (Å²) in [4.78, 5) is 20.5. The van der Waals surface area contributed by atoms with Crippen molar-refractivity contribution in [1.82, 2.24) is 29.1 Å².